The van der Waals surface area contributed by atoms with Crippen LogP contribution in [0.4, 0.5) is 0 Å². The van der Waals surface area contributed by atoms with Crippen molar-refractivity contribution in [3.8, 4) is 17.3 Å². The Hall–Kier alpha value is -3.38. The molecule has 0 aliphatic rings. The fraction of sp³-hybridized carbons (Fsp3) is 0.0952. The van der Waals surface area contributed by atoms with Crippen LogP contribution in [0.15, 0.2) is 65.3 Å². The van der Waals surface area contributed by atoms with Crippen LogP contribution in [0.5, 0.6) is 5.75 Å². The smallest absolute Gasteiger partial charge is 0.217 e. The molecule has 0 radical (unpaired) electrons. The van der Waals surface area contributed by atoms with Crippen molar-refractivity contribution in [1.29, 1.82) is 0 Å². The normalized spacial score (nSPS) is 11.4. The molecule has 0 saturated carbocycles. The standard InChI is InChI=1S/C21H15ClN4O2/c1-13-6-8-16(22)19(10-13)27-11-14-7-9-18(28-14)20-24-21-15-4-2-3-5-17(15)23-12-26(21)25-20/h2-10,12H,11H2,1H3. The topological polar surface area (TPSA) is 65.5 Å². The first-order chi connectivity index (χ1) is 13.7. The van der Waals surface area contributed by atoms with Crippen molar-refractivity contribution in [2.24, 2.45) is 0 Å². The number of hydrogen-bond acceptors (Lipinski definition) is 5. The molecule has 6 nitrogen and oxygen atoms in total. The molecular weight excluding hydrogens is 376 g/mol. The van der Waals surface area contributed by atoms with Crippen LogP contribution in [0.1, 0.15) is 11.3 Å². The summed E-state index contributed by atoms with van der Waals surface area (Å²) in [5.74, 6) is 2.36. The highest BCUT2D eigenvalue weighted by atomic mass is 35.5. The minimum absolute atomic E-state index is 0.265. The molecule has 5 aromatic rings. The van der Waals surface area contributed by atoms with Crippen molar-refractivity contribution >= 4 is 28.2 Å². The summed E-state index contributed by atoms with van der Waals surface area (Å²) in [6.07, 6.45) is 1.65. The average molecular weight is 391 g/mol. The van der Waals surface area contributed by atoms with E-state index in [9.17, 15) is 0 Å². The molecule has 3 heterocycles. The van der Waals surface area contributed by atoms with Crippen LogP contribution in [0, 0.1) is 6.92 Å². The van der Waals surface area contributed by atoms with Crippen molar-refractivity contribution in [1.82, 2.24) is 19.6 Å². The lowest BCUT2D eigenvalue weighted by Crippen LogP contribution is -1.94. The van der Waals surface area contributed by atoms with Gasteiger partial charge in [0.05, 0.1) is 10.5 Å². The van der Waals surface area contributed by atoms with Crippen molar-refractivity contribution in [3.05, 3.63) is 77.3 Å². The van der Waals surface area contributed by atoms with Gasteiger partial charge in [-0.15, -0.1) is 5.10 Å². The van der Waals surface area contributed by atoms with Gasteiger partial charge >= 0.3 is 0 Å². The molecule has 0 amide bonds. The minimum Gasteiger partial charge on any atom is -0.484 e. The number of nitrogens with zero attached hydrogens (tertiary/aromatic N) is 4. The van der Waals surface area contributed by atoms with E-state index >= 15 is 0 Å². The second-order valence-corrected chi connectivity index (χ2v) is 6.86. The number of benzene rings is 2. The summed E-state index contributed by atoms with van der Waals surface area (Å²) in [6, 6.07) is 17.2. The number of aromatic nitrogens is 4. The largest absolute Gasteiger partial charge is 0.484 e. The van der Waals surface area contributed by atoms with E-state index in [0.29, 0.717) is 28.1 Å². The summed E-state index contributed by atoms with van der Waals surface area (Å²) in [5, 5.41) is 5.98. The van der Waals surface area contributed by atoms with E-state index < -0.39 is 0 Å². The summed E-state index contributed by atoms with van der Waals surface area (Å²) in [4.78, 5) is 9.02. The maximum absolute atomic E-state index is 6.17. The van der Waals surface area contributed by atoms with Crippen LogP contribution in [0.3, 0.4) is 0 Å². The first-order valence-electron chi connectivity index (χ1n) is 8.75. The van der Waals surface area contributed by atoms with Crippen LogP contribution in [-0.2, 0) is 6.61 Å². The van der Waals surface area contributed by atoms with Gasteiger partial charge in [-0.1, -0.05) is 29.8 Å². The predicted molar refractivity (Wildman–Crippen MR) is 107 cm³/mol. The quantitative estimate of drug-likeness (QED) is 0.428. The molecular formula is C21H15ClN4O2. The number of fused-ring (bicyclic) bond motifs is 3. The van der Waals surface area contributed by atoms with Gasteiger partial charge in [0.25, 0.3) is 0 Å². The summed E-state index contributed by atoms with van der Waals surface area (Å²) in [5.41, 5.74) is 2.69. The molecule has 0 atom stereocenters. The highest BCUT2D eigenvalue weighted by molar-refractivity contribution is 6.32. The van der Waals surface area contributed by atoms with Crippen LogP contribution >= 0.6 is 11.6 Å². The zero-order valence-electron chi connectivity index (χ0n) is 15.0. The van der Waals surface area contributed by atoms with Crippen molar-refractivity contribution in [2.75, 3.05) is 0 Å². The third-order valence-corrected chi connectivity index (χ3v) is 4.73. The summed E-state index contributed by atoms with van der Waals surface area (Å²) in [7, 11) is 0. The van der Waals surface area contributed by atoms with E-state index in [2.05, 4.69) is 15.1 Å². The molecule has 2 aromatic carbocycles. The minimum atomic E-state index is 0.265. The maximum atomic E-state index is 6.17. The second kappa shape index (κ2) is 6.65. The number of halogens is 1. The molecule has 0 spiro atoms. The predicted octanol–water partition coefficient (Wildman–Crippen LogP) is 5.08. The molecule has 0 N–H and O–H groups in total. The number of ether oxygens (including phenoxy) is 1. The Labute approximate surface area is 165 Å². The highest BCUT2D eigenvalue weighted by Crippen LogP contribution is 2.27. The number of hydrogen-bond donors (Lipinski definition) is 0. The van der Waals surface area contributed by atoms with Gasteiger partial charge in [-0.2, -0.15) is 0 Å². The van der Waals surface area contributed by atoms with Crippen LogP contribution in [0.25, 0.3) is 28.1 Å². The molecule has 0 fully saturated rings. The zero-order chi connectivity index (χ0) is 19.1. The van der Waals surface area contributed by atoms with E-state index in [4.69, 9.17) is 20.8 Å². The SMILES string of the molecule is Cc1ccc(Cl)c(OCc2ccc(-c3nc4c5ccccc5ncn4n3)o2)c1. The Morgan fingerprint density at radius 1 is 1.11 bits per heavy atom. The number of rotatable bonds is 4. The van der Waals surface area contributed by atoms with E-state index in [0.717, 1.165) is 22.1 Å². The molecule has 0 unspecified atom stereocenters. The summed E-state index contributed by atoms with van der Waals surface area (Å²) < 4.78 is 13.3. The lowest BCUT2D eigenvalue weighted by Gasteiger charge is -2.07. The number of aryl methyl sites for hydroxylation is 1. The Bertz CT molecular complexity index is 1310. The Balaban J connectivity index is 1.43. The van der Waals surface area contributed by atoms with Gasteiger partial charge in [0.2, 0.25) is 5.82 Å². The zero-order valence-corrected chi connectivity index (χ0v) is 15.7. The molecule has 138 valence electrons. The molecule has 28 heavy (non-hydrogen) atoms. The van der Waals surface area contributed by atoms with E-state index in [1.807, 2.05) is 61.5 Å². The van der Waals surface area contributed by atoms with Gasteiger partial charge in [-0.25, -0.2) is 14.5 Å². The number of furan rings is 1. The molecule has 7 heteroatoms. The lowest BCUT2D eigenvalue weighted by atomic mass is 10.2. The van der Waals surface area contributed by atoms with Gasteiger partial charge < -0.3 is 9.15 Å². The Kier molecular flexibility index (Phi) is 3.98. The summed E-state index contributed by atoms with van der Waals surface area (Å²) >= 11 is 6.17. The molecule has 0 aliphatic carbocycles. The maximum Gasteiger partial charge on any atom is 0.217 e. The third-order valence-electron chi connectivity index (χ3n) is 4.42. The van der Waals surface area contributed by atoms with Gasteiger partial charge in [0.1, 0.15) is 24.4 Å². The fourth-order valence-electron chi connectivity index (χ4n) is 3.03. The van der Waals surface area contributed by atoms with Gasteiger partial charge in [0, 0.05) is 5.39 Å². The third kappa shape index (κ3) is 2.97. The van der Waals surface area contributed by atoms with Crippen molar-refractivity contribution < 1.29 is 9.15 Å². The van der Waals surface area contributed by atoms with E-state index in [-0.39, 0.29) is 6.61 Å². The lowest BCUT2D eigenvalue weighted by molar-refractivity contribution is 0.272. The van der Waals surface area contributed by atoms with Gasteiger partial charge in [0.15, 0.2) is 11.4 Å². The fourth-order valence-corrected chi connectivity index (χ4v) is 3.20. The Morgan fingerprint density at radius 2 is 2.00 bits per heavy atom. The monoisotopic (exact) mass is 390 g/mol. The van der Waals surface area contributed by atoms with E-state index in [1.165, 1.54) is 0 Å². The molecule has 0 saturated heterocycles. The molecule has 5 rings (SSSR count). The van der Waals surface area contributed by atoms with Crippen LogP contribution < -0.4 is 4.74 Å². The molecule has 0 bridgehead atoms. The highest BCUT2D eigenvalue weighted by Gasteiger charge is 2.14. The average Bonchev–Trinajstić information content (AvgIpc) is 3.35. The van der Waals surface area contributed by atoms with E-state index in [1.54, 1.807) is 10.8 Å². The van der Waals surface area contributed by atoms with Crippen molar-refractivity contribution in [3.63, 3.8) is 0 Å². The Morgan fingerprint density at radius 3 is 2.93 bits per heavy atom. The van der Waals surface area contributed by atoms with Crippen LogP contribution in [-0.4, -0.2) is 19.6 Å². The van der Waals surface area contributed by atoms with Crippen molar-refractivity contribution in [2.45, 2.75) is 13.5 Å². The van der Waals surface area contributed by atoms with Crippen LogP contribution in [0.2, 0.25) is 5.02 Å². The first kappa shape index (κ1) is 16.8. The molecule has 0 aliphatic heterocycles. The second-order valence-electron chi connectivity index (χ2n) is 6.45. The molecule has 3 aromatic heterocycles. The van der Waals surface area contributed by atoms with Gasteiger partial charge in [-0.05, 0) is 48.9 Å². The van der Waals surface area contributed by atoms with Gasteiger partial charge in [-0.3, -0.25) is 0 Å². The first-order valence-corrected chi connectivity index (χ1v) is 9.13. The number of para-hydroxylation sites is 1. The summed E-state index contributed by atoms with van der Waals surface area (Å²) in [6.45, 7) is 2.25.